The van der Waals surface area contributed by atoms with Gasteiger partial charge in [-0.2, -0.15) is 5.10 Å². The Morgan fingerprint density at radius 3 is 2.71 bits per heavy atom. The molecule has 1 atom stereocenters. The molecule has 0 fully saturated rings. The molecule has 1 unspecified atom stereocenters. The minimum Gasteiger partial charge on any atom is -0.493 e. The lowest BCUT2D eigenvalue weighted by molar-refractivity contribution is 0.297. The van der Waals surface area contributed by atoms with Crippen molar-refractivity contribution in [2.45, 2.75) is 19.8 Å². The number of amidine groups is 1. The van der Waals surface area contributed by atoms with Gasteiger partial charge >= 0.3 is 0 Å². The molecule has 0 heterocycles. The molecule has 146 valence electrons. The SMILES string of the molecule is C=C(/C=C\C/C=C\C)c1ccc(OCC2C=CC=C(C/C(N)=N/N)C=C2)cc1. The normalized spacial score (nSPS) is 17.1. The van der Waals surface area contributed by atoms with Crippen molar-refractivity contribution in [1.82, 2.24) is 0 Å². The zero-order chi connectivity index (χ0) is 20.2. The number of nitrogens with two attached hydrogens (primary N) is 2. The van der Waals surface area contributed by atoms with Crippen LogP contribution < -0.4 is 16.3 Å². The molecule has 0 amide bonds. The average molecular weight is 376 g/mol. The van der Waals surface area contributed by atoms with Gasteiger partial charge in [0, 0.05) is 12.3 Å². The molecule has 4 N–H and O–H groups in total. The third kappa shape index (κ3) is 7.16. The molecule has 0 saturated heterocycles. The van der Waals surface area contributed by atoms with Crippen molar-refractivity contribution in [3.8, 4) is 5.75 Å². The first-order chi connectivity index (χ1) is 13.6. The number of benzene rings is 1. The van der Waals surface area contributed by atoms with E-state index in [2.05, 4.69) is 36.0 Å². The smallest absolute Gasteiger partial charge is 0.123 e. The van der Waals surface area contributed by atoms with Crippen LogP contribution in [0.2, 0.25) is 0 Å². The molecule has 0 aliphatic heterocycles. The van der Waals surface area contributed by atoms with Gasteiger partial charge in [-0.15, -0.1) is 0 Å². The van der Waals surface area contributed by atoms with Crippen LogP contribution in [0, 0.1) is 5.92 Å². The first-order valence-corrected chi connectivity index (χ1v) is 9.40. The molecule has 0 saturated carbocycles. The summed E-state index contributed by atoms with van der Waals surface area (Å²) in [5.41, 5.74) is 8.83. The highest BCUT2D eigenvalue weighted by Gasteiger charge is 2.06. The summed E-state index contributed by atoms with van der Waals surface area (Å²) >= 11 is 0. The van der Waals surface area contributed by atoms with E-state index >= 15 is 0 Å². The number of hydrazone groups is 1. The van der Waals surface area contributed by atoms with E-state index in [-0.39, 0.29) is 5.92 Å². The molecule has 28 heavy (non-hydrogen) atoms. The summed E-state index contributed by atoms with van der Waals surface area (Å²) in [6, 6.07) is 8.02. The predicted molar refractivity (Wildman–Crippen MR) is 120 cm³/mol. The fourth-order valence-corrected chi connectivity index (χ4v) is 2.65. The van der Waals surface area contributed by atoms with Crippen LogP contribution in [0.15, 0.2) is 96.2 Å². The lowest BCUT2D eigenvalue weighted by atomic mass is 10.1. The Kier molecular flexibility index (Phi) is 8.60. The van der Waals surface area contributed by atoms with Gasteiger partial charge in [-0.3, -0.25) is 0 Å². The Hall–Kier alpha value is -3.27. The molecule has 0 aromatic heterocycles. The maximum Gasteiger partial charge on any atom is 0.123 e. The molecule has 0 bridgehead atoms. The Morgan fingerprint density at radius 2 is 2.00 bits per heavy atom. The summed E-state index contributed by atoms with van der Waals surface area (Å²) in [6.07, 6.45) is 20.0. The molecule has 1 aliphatic rings. The van der Waals surface area contributed by atoms with E-state index in [9.17, 15) is 0 Å². The summed E-state index contributed by atoms with van der Waals surface area (Å²) in [6.45, 7) is 6.70. The minimum absolute atomic E-state index is 0.189. The molecule has 1 aliphatic carbocycles. The molecule has 4 nitrogen and oxygen atoms in total. The van der Waals surface area contributed by atoms with Crippen molar-refractivity contribution >= 4 is 11.4 Å². The summed E-state index contributed by atoms with van der Waals surface area (Å²) in [4.78, 5) is 0. The number of nitrogens with zero attached hydrogens (tertiary/aromatic N) is 1. The Bertz CT molecular complexity index is 824. The average Bonchev–Trinajstić information content (AvgIpc) is 2.95. The van der Waals surface area contributed by atoms with E-state index in [0.717, 1.165) is 28.9 Å². The lowest BCUT2D eigenvalue weighted by Gasteiger charge is -2.11. The quantitative estimate of drug-likeness (QED) is 0.161. The third-order valence-electron chi connectivity index (χ3n) is 4.27. The standard InChI is InChI=1S/C24H29N3O/c1-3-4-5-6-8-19(2)22-13-15-23(16-14-22)28-18-21-10-7-9-20(11-12-21)17-24(25)27-26/h3-4,6-16,21H,2,5,17-18,26H2,1H3,(H2,25,27)/b4-3-,8-6-. The zero-order valence-electron chi connectivity index (χ0n) is 16.4. The maximum absolute atomic E-state index is 5.94. The molecule has 0 spiro atoms. The Labute approximate surface area is 168 Å². The van der Waals surface area contributed by atoms with Crippen LogP contribution in [-0.2, 0) is 0 Å². The van der Waals surface area contributed by atoms with Crippen LogP contribution in [0.3, 0.4) is 0 Å². The number of hydrogen-bond acceptors (Lipinski definition) is 3. The Balaban J connectivity index is 1.86. The van der Waals surface area contributed by atoms with E-state index in [0.29, 0.717) is 18.9 Å². The van der Waals surface area contributed by atoms with Crippen LogP contribution >= 0.6 is 0 Å². The van der Waals surface area contributed by atoms with Crippen LogP contribution in [-0.4, -0.2) is 12.4 Å². The van der Waals surface area contributed by atoms with E-state index < -0.39 is 0 Å². The molecular formula is C24H29N3O. The van der Waals surface area contributed by atoms with Gasteiger partial charge in [0.2, 0.25) is 0 Å². The highest BCUT2D eigenvalue weighted by molar-refractivity contribution is 5.83. The van der Waals surface area contributed by atoms with Gasteiger partial charge in [0.1, 0.15) is 11.6 Å². The zero-order valence-corrected chi connectivity index (χ0v) is 16.4. The van der Waals surface area contributed by atoms with Gasteiger partial charge in [0.25, 0.3) is 0 Å². The Morgan fingerprint density at radius 1 is 1.21 bits per heavy atom. The number of ether oxygens (including phenoxy) is 1. The molecule has 2 rings (SSSR count). The van der Waals surface area contributed by atoms with Crippen molar-refractivity contribution in [3.63, 3.8) is 0 Å². The third-order valence-corrected chi connectivity index (χ3v) is 4.27. The monoisotopic (exact) mass is 375 g/mol. The second-order valence-corrected chi connectivity index (χ2v) is 6.51. The highest BCUT2D eigenvalue weighted by Crippen LogP contribution is 2.20. The van der Waals surface area contributed by atoms with Crippen molar-refractivity contribution in [2.75, 3.05) is 6.61 Å². The van der Waals surface area contributed by atoms with Crippen molar-refractivity contribution in [3.05, 3.63) is 96.7 Å². The molecular weight excluding hydrogens is 346 g/mol. The fourth-order valence-electron chi connectivity index (χ4n) is 2.65. The van der Waals surface area contributed by atoms with E-state index in [1.54, 1.807) is 0 Å². The van der Waals surface area contributed by atoms with Gasteiger partial charge in [-0.05, 0) is 42.2 Å². The van der Waals surface area contributed by atoms with Gasteiger partial charge < -0.3 is 16.3 Å². The van der Waals surface area contributed by atoms with Crippen LogP contribution in [0.5, 0.6) is 5.75 Å². The number of hydrogen-bond donors (Lipinski definition) is 2. The summed E-state index contributed by atoms with van der Waals surface area (Å²) < 4.78 is 5.94. The second kappa shape index (κ2) is 11.4. The van der Waals surface area contributed by atoms with Crippen LogP contribution in [0.1, 0.15) is 25.3 Å². The number of rotatable bonds is 9. The maximum atomic E-state index is 5.94. The number of allylic oxidation sites excluding steroid dienone is 8. The first kappa shape index (κ1) is 21.0. The fraction of sp³-hybridized carbons (Fsp3) is 0.208. The van der Waals surface area contributed by atoms with Crippen molar-refractivity contribution < 1.29 is 4.74 Å². The lowest BCUT2D eigenvalue weighted by Crippen LogP contribution is -2.14. The largest absolute Gasteiger partial charge is 0.493 e. The van der Waals surface area contributed by atoms with E-state index in [4.69, 9.17) is 16.3 Å². The topological polar surface area (TPSA) is 73.6 Å². The van der Waals surface area contributed by atoms with E-state index in [1.807, 2.05) is 61.6 Å². The van der Waals surface area contributed by atoms with Gasteiger partial charge in [-0.25, -0.2) is 0 Å². The summed E-state index contributed by atoms with van der Waals surface area (Å²) in [7, 11) is 0. The van der Waals surface area contributed by atoms with E-state index in [1.165, 1.54) is 0 Å². The van der Waals surface area contributed by atoms with Gasteiger partial charge in [0.05, 0.1) is 6.61 Å². The van der Waals surface area contributed by atoms with Gasteiger partial charge in [0.15, 0.2) is 0 Å². The first-order valence-electron chi connectivity index (χ1n) is 9.40. The molecule has 0 radical (unpaired) electrons. The highest BCUT2D eigenvalue weighted by atomic mass is 16.5. The van der Waals surface area contributed by atoms with Gasteiger partial charge in [-0.1, -0.05) is 73.4 Å². The van der Waals surface area contributed by atoms with Crippen molar-refractivity contribution in [2.24, 2.45) is 22.6 Å². The van der Waals surface area contributed by atoms with Crippen LogP contribution in [0.4, 0.5) is 0 Å². The van der Waals surface area contributed by atoms with Crippen molar-refractivity contribution in [1.29, 1.82) is 0 Å². The predicted octanol–water partition coefficient (Wildman–Crippen LogP) is 4.89. The van der Waals surface area contributed by atoms with Crippen LogP contribution in [0.25, 0.3) is 5.57 Å². The summed E-state index contributed by atoms with van der Waals surface area (Å²) in [5.74, 6) is 6.64. The second-order valence-electron chi connectivity index (χ2n) is 6.51. The molecule has 4 heteroatoms. The molecule has 1 aromatic carbocycles. The summed E-state index contributed by atoms with van der Waals surface area (Å²) in [5, 5.41) is 3.51. The minimum atomic E-state index is 0.189. The molecule has 1 aromatic rings.